The predicted molar refractivity (Wildman–Crippen MR) is 117 cm³/mol. The maximum absolute atomic E-state index is 12.6. The summed E-state index contributed by atoms with van der Waals surface area (Å²) in [5.41, 5.74) is 1.43. The number of carbonyl (C=O) groups is 1. The molecule has 0 radical (unpaired) electrons. The first-order valence-electron chi connectivity index (χ1n) is 10.5. The molecule has 0 unspecified atom stereocenters. The van der Waals surface area contributed by atoms with Crippen LogP contribution in [0.3, 0.4) is 0 Å². The van der Waals surface area contributed by atoms with Crippen LogP contribution < -0.4 is 14.8 Å². The Morgan fingerprint density at radius 1 is 1.07 bits per heavy atom. The van der Waals surface area contributed by atoms with Crippen molar-refractivity contribution in [3.05, 3.63) is 71.8 Å². The van der Waals surface area contributed by atoms with Crippen LogP contribution >= 0.6 is 0 Å². The fourth-order valence-corrected chi connectivity index (χ4v) is 3.66. The third kappa shape index (κ3) is 4.92. The Bertz CT molecular complexity index is 1010. The number of ether oxygens (including phenoxy) is 3. The van der Waals surface area contributed by atoms with Crippen molar-refractivity contribution >= 4 is 16.7 Å². The number of nitrogens with one attached hydrogen (secondary N) is 1. The van der Waals surface area contributed by atoms with Gasteiger partial charge in [-0.15, -0.1) is 0 Å². The number of benzene rings is 3. The van der Waals surface area contributed by atoms with Crippen molar-refractivity contribution in [2.75, 3.05) is 19.8 Å². The Morgan fingerprint density at radius 2 is 1.93 bits per heavy atom. The summed E-state index contributed by atoms with van der Waals surface area (Å²) < 4.78 is 17.3. The highest BCUT2D eigenvalue weighted by Crippen LogP contribution is 2.25. The van der Waals surface area contributed by atoms with Gasteiger partial charge in [-0.1, -0.05) is 30.3 Å². The van der Waals surface area contributed by atoms with Gasteiger partial charge in [0.15, 0.2) is 0 Å². The van der Waals surface area contributed by atoms with Gasteiger partial charge in [0.25, 0.3) is 5.91 Å². The smallest absolute Gasteiger partial charge is 0.251 e. The van der Waals surface area contributed by atoms with Crippen LogP contribution in [0, 0.1) is 0 Å². The van der Waals surface area contributed by atoms with E-state index in [9.17, 15) is 4.79 Å². The van der Waals surface area contributed by atoms with E-state index in [4.69, 9.17) is 14.2 Å². The highest BCUT2D eigenvalue weighted by Gasteiger charge is 2.17. The molecule has 0 aliphatic carbocycles. The molecular formula is C25H27NO4. The van der Waals surface area contributed by atoms with E-state index >= 15 is 0 Å². The maximum Gasteiger partial charge on any atom is 0.251 e. The average molecular weight is 405 g/mol. The number of hydrogen-bond acceptors (Lipinski definition) is 4. The molecule has 1 fully saturated rings. The molecule has 3 aromatic carbocycles. The van der Waals surface area contributed by atoms with Crippen molar-refractivity contribution in [2.24, 2.45) is 0 Å². The fourth-order valence-electron chi connectivity index (χ4n) is 3.66. The van der Waals surface area contributed by atoms with Gasteiger partial charge in [0, 0.05) is 24.3 Å². The third-order valence-electron chi connectivity index (χ3n) is 5.25. The van der Waals surface area contributed by atoms with Crippen molar-refractivity contribution < 1.29 is 19.0 Å². The summed E-state index contributed by atoms with van der Waals surface area (Å²) in [6.45, 7) is 4.12. The Kier molecular flexibility index (Phi) is 6.50. The lowest BCUT2D eigenvalue weighted by Crippen LogP contribution is -2.31. The first kappa shape index (κ1) is 20.2. The monoisotopic (exact) mass is 405 g/mol. The minimum absolute atomic E-state index is 0.111. The van der Waals surface area contributed by atoms with Gasteiger partial charge < -0.3 is 19.5 Å². The van der Waals surface area contributed by atoms with Crippen LogP contribution in [0.5, 0.6) is 11.5 Å². The Balaban J connectivity index is 1.46. The lowest BCUT2D eigenvalue weighted by Gasteiger charge is -2.15. The van der Waals surface area contributed by atoms with E-state index < -0.39 is 0 Å². The van der Waals surface area contributed by atoms with Gasteiger partial charge in [0.1, 0.15) is 18.1 Å². The van der Waals surface area contributed by atoms with Gasteiger partial charge in [0.2, 0.25) is 0 Å². The van der Waals surface area contributed by atoms with Gasteiger partial charge in [-0.05, 0) is 60.9 Å². The minimum Gasteiger partial charge on any atom is -0.493 e. The quantitative estimate of drug-likeness (QED) is 0.589. The molecule has 0 aromatic heterocycles. The second-order valence-electron chi connectivity index (χ2n) is 7.40. The molecule has 4 rings (SSSR count). The number of carbonyl (C=O) groups excluding carboxylic acids is 1. The molecule has 1 atom stereocenters. The zero-order valence-electron chi connectivity index (χ0n) is 17.2. The van der Waals surface area contributed by atoms with Gasteiger partial charge in [-0.25, -0.2) is 0 Å². The molecule has 156 valence electrons. The lowest BCUT2D eigenvalue weighted by atomic mass is 10.1. The van der Waals surface area contributed by atoms with Crippen LogP contribution in [0.25, 0.3) is 10.8 Å². The van der Waals surface area contributed by atoms with Crippen LogP contribution in [0.2, 0.25) is 0 Å². The van der Waals surface area contributed by atoms with Crippen LogP contribution in [0.15, 0.2) is 60.7 Å². The fraction of sp³-hybridized carbons (Fsp3) is 0.320. The summed E-state index contributed by atoms with van der Waals surface area (Å²) in [6, 6.07) is 19.7. The molecule has 5 nitrogen and oxygen atoms in total. The second-order valence-corrected chi connectivity index (χ2v) is 7.40. The molecule has 3 aromatic rings. The van der Waals surface area contributed by atoms with Crippen LogP contribution in [-0.2, 0) is 11.3 Å². The predicted octanol–water partition coefficient (Wildman–Crippen LogP) is 4.73. The van der Waals surface area contributed by atoms with E-state index in [1.165, 1.54) is 5.39 Å². The summed E-state index contributed by atoms with van der Waals surface area (Å²) >= 11 is 0. The highest BCUT2D eigenvalue weighted by molar-refractivity contribution is 5.94. The van der Waals surface area contributed by atoms with Gasteiger partial charge in [-0.2, -0.15) is 0 Å². The zero-order chi connectivity index (χ0) is 20.8. The summed E-state index contributed by atoms with van der Waals surface area (Å²) in [5.74, 6) is 1.40. The van der Waals surface area contributed by atoms with Crippen molar-refractivity contribution in [3.8, 4) is 11.5 Å². The number of amides is 1. The van der Waals surface area contributed by atoms with E-state index in [0.29, 0.717) is 25.3 Å². The topological polar surface area (TPSA) is 56.8 Å². The highest BCUT2D eigenvalue weighted by atomic mass is 16.5. The molecule has 1 saturated heterocycles. The minimum atomic E-state index is -0.111. The van der Waals surface area contributed by atoms with E-state index in [-0.39, 0.29) is 12.0 Å². The standard InChI is InChI=1S/C25H27NO4/c1-2-28-24-12-10-20(25(27)26-16-23-8-5-13-29-23)14-21(24)17-30-22-11-9-18-6-3-4-7-19(18)15-22/h3-4,6-7,9-12,14-15,23H,2,5,8,13,16-17H2,1H3,(H,26,27)/t23-/m0/s1. The van der Waals surface area contributed by atoms with Gasteiger partial charge in [0.05, 0.1) is 12.7 Å². The zero-order valence-corrected chi connectivity index (χ0v) is 17.2. The maximum atomic E-state index is 12.6. The van der Waals surface area contributed by atoms with Crippen LogP contribution in [0.4, 0.5) is 0 Å². The van der Waals surface area contributed by atoms with E-state index in [0.717, 1.165) is 41.9 Å². The molecule has 0 saturated carbocycles. The molecule has 0 spiro atoms. The summed E-state index contributed by atoms with van der Waals surface area (Å²) in [6.07, 6.45) is 2.17. The molecule has 5 heteroatoms. The summed E-state index contributed by atoms with van der Waals surface area (Å²) in [5, 5.41) is 5.27. The van der Waals surface area contributed by atoms with Crippen molar-refractivity contribution in [2.45, 2.75) is 32.5 Å². The van der Waals surface area contributed by atoms with Gasteiger partial charge in [-0.3, -0.25) is 4.79 Å². The Labute approximate surface area is 177 Å². The molecule has 1 N–H and O–H groups in total. The van der Waals surface area contributed by atoms with Gasteiger partial charge >= 0.3 is 0 Å². The molecule has 1 aliphatic rings. The van der Waals surface area contributed by atoms with E-state index in [1.807, 2.05) is 49.4 Å². The van der Waals surface area contributed by atoms with Crippen LogP contribution in [-0.4, -0.2) is 31.8 Å². The first-order valence-corrected chi connectivity index (χ1v) is 10.5. The molecule has 1 heterocycles. The number of hydrogen-bond donors (Lipinski definition) is 1. The average Bonchev–Trinajstić information content (AvgIpc) is 3.30. The summed E-state index contributed by atoms with van der Waals surface area (Å²) in [7, 11) is 0. The third-order valence-corrected chi connectivity index (χ3v) is 5.25. The number of rotatable bonds is 8. The lowest BCUT2D eigenvalue weighted by molar-refractivity contribution is 0.0857. The van der Waals surface area contributed by atoms with Crippen molar-refractivity contribution in [1.82, 2.24) is 5.32 Å². The van der Waals surface area contributed by atoms with Crippen molar-refractivity contribution in [3.63, 3.8) is 0 Å². The van der Waals surface area contributed by atoms with E-state index in [1.54, 1.807) is 6.07 Å². The largest absolute Gasteiger partial charge is 0.493 e. The normalized spacial score (nSPS) is 15.8. The van der Waals surface area contributed by atoms with Crippen LogP contribution in [0.1, 0.15) is 35.7 Å². The van der Waals surface area contributed by atoms with E-state index in [2.05, 4.69) is 17.4 Å². The molecular weight excluding hydrogens is 378 g/mol. The molecule has 30 heavy (non-hydrogen) atoms. The summed E-state index contributed by atoms with van der Waals surface area (Å²) in [4.78, 5) is 12.6. The Hall–Kier alpha value is -3.05. The first-order chi connectivity index (χ1) is 14.7. The second kappa shape index (κ2) is 9.63. The molecule has 0 bridgehead atoms. The molecule has 1 amide bonds. The molecule has 1 aliphatic heterocycles. The SMILES string of the molecule is CCOc1ccc(C(=O)NC[C@@H]2CCCO2)cc1COc1ccc2ccccc2c1. The Morgan fingerprint density at radius 3 is 2.73 bits per heavy atom. The van der Waals surface area contributed by atoms with Crippen molar-refractivity contribution in [1.29, 1.82) is 0 Å². The number of fused-ring (bicyclic) bond motifs is 1.